The van der Waals surface area contributed by atoms with Gasteiger partial charge in [-0.25, -0.2) is 9.97 Å². The molecule has 1 heterocycles. The first-order valence-corrected chi connectivity index (χ1v) is 5.71. The van der Waals surface area contributed by atoms with Crippen LogP contribution in [0.1, 0.15) is 5.56 Å². The van der Waals surface area contributed by atoms with Crippen molar-refractivity contribution in [3.63, 3.8) is 0 Å². The molecule has 0 atom stereocenters. The minimum atomic E-state index is 0.245. The highest BCUT2D eigenvalue weighted by molar-refractivity contribution is 6.30. The van der Waals surface area contributed by atoms with Crippen LogP contribution < -0.4 is 10.5 Å². The molecule has 0 aliphatic carbocycles. The first-order chi connectivity index (χ1) is 8.69. The van der Waals surface area contributed by atoms with Crippen LogP contribution in [0, 0.1) is 0 Å². The molecule has 1 aromatic carbocycles. The van der Waals surface area contributed by atoms with Gasteiger partial charge >= 0.3 is 6.01 Å². The molecule has 5 heteroatoms. The minimum absolute atomic E-state index is 0.245. The van der Waals surface area contributed by atoms with Gasteiger partial charge in [-0.05, 0) is 24.6 Å². The van der Waals surface area contributed by atoms with Gasteiger partial charge in [0.1, 0.15) is 5.75 Å². The third-order valence-electron chi connectivity index (χ3n) is 2.25. The molecule has 1 aromatic heterocycles. The molecule has 0 aliphatic rings. The summed E-state index contributed by atoms with van der Waals surface area (Å²) in [4.78, 5) is 7.95. The standard InChI is InChI=1S/C13H12ClN3O/c1-2-3-9-6-11(15)4-5-12(9)18-13-16-7-10(14)8-17-13/h2,4-8H,1,3,15H2. The smallest absolute Gasteiger partial charge is 0.321 e. The third-order valence-corrected chi connectivity index (χ3v) is 2.44. The monoisotopic (exact) mass is 261 g/mol. The molecule has 0 fully saturated rings. The Balaban J connectivity index is 2.27. The van der Waals surface area contributed by atoms with E-state index >= 15 is 0 Å². The molecule has 18 heavy (non-hydrogen) atoms. The van der Waals surface area contributed by atoms with Gasteiger partial charge in [0.2, 0.25) is 0 Å². The van der Waals surface area contributed by atoms with Gasteiger partial charge < -0.3 is 10.5 Å². The van der Waals surface area contributed by atoms with Gasteiger partial charge in [-0.3, -0.25) is 0 Å². The molecule has 0 unspecified atom stereocenters. The Morgan fingerprint density at radius 1 is 1.33 bits per heavy atom. The van der Waals surface area contributed by atoms with Crippen LogP contribution in [0.25, 0.3) is 0 Å². The normalized spacial score (nSPS) is 10.1. The quantitative estimate of drug-likeness (QED) is 0.678. The van der Waals surface area contributed by atoms with E-state index < -0.39 is 0 Å². The summed E-state index contributed by atoms with van der Waals surface area (Å²) in [7, 11) is 0. The summed E-state index contributed by atoms with van der Waals surface area (Å²) in [6, 6.07) is 5.63. The van der Waals surface area contributed by atoms with Gasteiger partial charge in [-0.1, -0.05) is 17.7 Å². The number of benzene rings is 1. The van der Waals surface area contributed by atoms with Gasteiger partial charge in [0.15, 0.2) is 0 Å². The maximum Gasteiger partial charge on any atom is 0.321 e. The summed E-state index contributed by atoms with van der Waals surface area (Å²) in [6.45, 7) is 3.70. The Morgan fingerprint density at radius 2 is 2.06 bits per heavy atom. The maximum absolute atomic E-state index is 5.73. The number of aromatic nitrogens is 2. The lowest BCUT2D eigenvalue weighted by atomic mass is 10.1. The van der Waals surface area contributed by atoms with Gasteiger partial charge in [0.05, 0.1) is 17.4 Å². The van der Waals surface area contributed by atoms with Crippen molar-refractivity contribution in [2.75, 3.05) is 5.73 Å². The molecular formula is C13H12ClN3O. The average Bonchev–Trinajstić information content (AvgIpc) is 2.36. The van der Waals surface area contributed by atoms with Crippen LogP contribution in [0.4, 0.5) is 5.69 Å². The van der Waals surface area contributed by atoms with Crippen molar-refractivity contribution in [3.8, 4) is 11.8 Å². The Hall–Kier alpha value is -2.07. The van der Waals surface area contributed by atoms with Crippen molar-refractivity contribution in [1.29, 1.82) is 0 Å². The van der Waals surface area contributed by atoms with E-state index in [0.29, 0.717) is 22.9 Å². The summed E-state index contributed by atoms with van der Waals surface area (Å²) < 4.78 is 5.59. The first kappa shape index (κ1) is 12.4. The highest BCUT2D eigenvalue weighted by Crippen LogP contribution is 2.26. The molecule has 0 bridgehead atoms. The number of allylic oxidation sites excluding steroid dienone is 1. The number of rotatable bonds is 4. The van der Waals surface area contributed by atoms with E-state index in [1.807, 2.05) is 6.07 Å². The van der Waals surface area contributed by atoms with E-state index in [4.69, 9.17) is 22.1 Å². The number of nitrogens with zero attached hydrogens (tertiary/aromatic N) is 2. The molecule has 4 nitrogen and oxygen atoms in total. The van der Waals surface area contributed by atoms with Gasteiger partial charge in [-0.15, -0.1) is 6.58 Å². The largest absolute Gasteiger partial charge is 0.424 e. The van der Waals surface area contributed by atoms with Crippen molar-refractivity contribution in [1.82, 2.24) is 9.97 Å². The lowest BCUT2D eigenvalue weighted by Gasteiger charge is -2.09. The van der Waals surface area contributed by atoms with Crippen molar-refractivity contribution >= 4 is 17.3 Å². The summed E-state index contributed by atoms with van der Waals surface area (Å²) in [6.07, 6.45) is 5.40. The van der Waals surface area contributed by atoms with Gasteiger partial charge in [-0.2, -0.15) is 0 Å². The number of anilines is 1. The molecule has 2 N–H and O–H groups in total. The Labute approximate surface area is 110 Å². The molecule has 2 rings (SSSR count). The predicted molar refractivity (Wildman–Crippen MR) is 71.9 cm³/mol. The topological polar surface area (TPSA) is 61.0 Å². The molecule has 0 amide bonds. The van der Waals surface area contributed by atoms with E-state index in [9.17, 15) is 0 Å². The van der Waals surface area contributed by atoms with E-state index in [0.717, 1.165) is 5.56 Å². The first-order valence-electron chi connectivity index (χ1n) is 5.33. The fraction of sp³-hybridized carbons (Fsp3) is 0.0769. The highest BCUT2D eigenvalue weighted by atomic mass is 35.5. The van der Waals surface area contributed by atoms with Crippen molar-refractivity contribution in [2.24, 2.45) is 0 Å². The van der Waals surface area contributed by atoms with Crippen LogP contribution in [0.2, 0.25) is 5.02 Å². The lowest BCUT2D eigenvalue weighted by Crippen LogP contribution is -1.96. The molecule has 0 aliphatic heterocycles. The molecule has 92 valence electrons. The number of halogens is 1. The SMILES string of the molecule is C=CCc1cc(N)ccc1Oc1ncc(Cl)cn1. The van der Waals surface area contributed by atoms with Crippen LogP contribution >= 0.6 is 11.6 Å². The van der Waals surface area contributed by atoms with E-state index in [-0.39, 0.29) is 6.01 Å². The van der Waals surface area contributed by atoms with Crippen LogP contribution in [-0.2, 0) is 6.42 Å². The number of hydrogen-bond donors (Lipinski definition) is 1. The zero-order valence-electron chi connectivity index (χ0n) is 9.64. The van der Waals surface area contributed by atoms with E-state index in [1.54, 1.807) is 18.2 Å². The van der Waals surface area contributed by atoms with Gasteiger partial charge in [0.25, 0.3) is 0 Å². The number of nitrogen functional groups attached to an aromatic ring is 1. The van der Waals surface area contributed by atoms with Crippen molar-refractivity contribution in [3.05, 3.63) is 53.8 Å². The summed E-state index contributed by atoms with van der Waals surface area (Å²) >= 11 is 5.71. The van der Waals surface area contributed by atoms with Crippen LogP contribution in [-0.4, -0.2) is 9.97 Å². The number of nitrogens with two attached hydrogens (primary N) is 1. The zero-order valence-corrected chi connectivity index (χ0v) is 10.4. The second-order valence-corrected chi connectivity index (χ2v) is 4.08. The highest BCUT2D eigenvalue weighted by Gasteiger charge is 2.06. The Morgan fingerprint density at radius 3 is 2.72 bits per heavy atom. The minimum Gasteiger partial charge on any atom is -0.424 e. The fourth-order valence-electron chi connectivity index (χ4n) is 1.47. The van der Waals surface area contributed by atoms with E-state index in [1.165, 1.54) is 12.4 Å². The van der Waals surface area contributed by atoms with Crippen LogP contribution in [0.15, 0.2) is 43.2 Å². The van der Waals surface area contributed by atoms with Gasteiger partial charge in [0, 0.05) is 11.3 Å². The molecule has 2 aromatic rings. The van der Waals surface area contributed by atoms with Crippen LogP contribution in [0.3, 0.4) is 0 Å². The lowest BCUT2D eigenvalue weighted by molar-refractivity contribution is 0.437. The van der Waals surface area contributed by atoms with E-state index in [2.05, 4.69) is 16.5 Å². The molecular weight excluding hydrogens is 250 g/mol. The summed E-state index contributed by atoms with van der Waals surface area (Å²) in [5.74, 6) is 0.659. The molecule has 0 saturated heterocycles. The predicted octanol–water partition coefficient (Wildman–Crippen LogP) is 3.23. The number of ether oxygens (including phenoxy) is 1. The maximum atomic E-state index is 5.73. The third kappa shape index (κ3) is 2.99. The zero-order chi connectivity index (χ0) is 13.0. The summed E-state index contributed by atoms with van der Waals surface area (Å²) in [5.41, 5.74) is 7.34. The molecule has 0 radical (unpaired) electrons. The average molecular weight is 262 g/mol. The summed E-state index contributed by atoms with van der Waals surface area (Å²) in [5, 5.41) is 0.464. The number of hydrogen-bond acceptors (Lipinski definition) is 4. The molecule has 0 spiro atoms. The van der Waals surface area contributed by atoms with Crippen molar-refractivity contribution < 1.29 is 4.74 Å². The molecule has 0 saturated carbocycles. The Kier molecular flexibility index (Phi) is 3.79. The second kappa shape index (κ2) is 5.51. The fourth-order valence-corrected chi connectivity index (χ4v) is 1.56. The Bertz CT molecular complexity index is 555. The second-order valence-electron chi connectivity index (χ2n) is 3.65. The van der Waals surface area contributed by atoms with Crippen molar-refractivity contribution in [2.45, 2.75) is 6.42 Å². The van der Waals surface area contributed by atoms with Crippen LogP contribution in [0.5, 0.6) is 11.8 Å².